The minimum Gasteiger partial charge on any atom is -0.479 e. The number of carboxylic acids is 1. The molecule has 0 saturated carbocycles. The summed E-state index contributed by atoms with van der Waals surface area (Å²) in [5, 5.41) is 20.3. The fraction of sp³-hybridized carbons (Fsp3) is 0.846. The normalized spacial score (nSPS) is 11.9. The van der Waals surface area contributed by atoms with Gasteiger partial charge in [-0.15, -0.1) is 0 Å². The summed E-state index contributed by atoms with van der Waals surface area (Å²) in [5.41, 5.74) is 0. The maximum atomic E-state index is 11.9. The first kappa shape index (κ1) is 17.7. The van der Waals surface area contributed by atoms with E-state index in [0.29, 0.717) is 13.1 Å². The second-order valence-corrected chi connectivity index (χ2v) is 4.57. The minimum atomic E-state index is -1.42. The molecule has 0 bridgehead atoms. The van der Waals surface area contributed by atoms with Gasteiger partial charge in [-0.2, -0.15) is 0 Å². The molecule has 1 atom stereocenters. The molecule has 0 aromatic heterocycles. The third-order valence-electron chi connectivity index (χ3n) is 2.83. The Balaban J connectivity index is 4.04. The SMILES string of the molecule is CCCCN(CCCC)C(=O)NCCC(O)C(=O)O. The summed E-state index contributed by atoms with van der Waals surface area (Å²) in [6, 6.07) is -0.181. The van der Waals surface area contributed by atoms with Gasteiger partial charge in [0.05, 0.1) is 0 Å². The fourth-order valence-corrected chi connectivity index (χ4v) is 1.56. The molecule has 0 aromatic carbocycles. The number of rotatable bonds is 10. The molecular formula is C13H26N2O4. The quantitative estimate of drug-likeness (QED) is 0.562. The number of aliphatic carboxylic acids is 1. The number of unbranched alkanes of at least 4 members (excludes halogenated alkanes) is 2. The molecule has 112 valence electrons. The molecule has 0 aliphatic rings. The topological polar surface area (TPSA) is 89.9 Å². The van der Waals surface area contributed by atoms with E-state index < -0.39 is 12.1 Å². The van der Waals surface area contributed by atoms with Crippen LogP contribution in [-0.4, -0.2) is 52.9 Å². The van der Waals surface area contributed by atoms with Crippen LogP contribution in [0.5, 0.6) is 0 Å². The lowest BCUT2D eigenvalue weighted by molar-refractivity contribution is -0.146. The van der Waals surface area contributed by atoms with Crippen molar-refractivity contribution < 1.29 is 19.8 Å². The van der Waals surface area contributed by atoms with Crippen LogP contribution in [0.1, 0.15) is 46.0 Å². The van der Waals surface area contributed by atoms with Gasteiger partial charge in [-0.05, 0) is 12.8 Å². The first-order valence-corrected chi connectivity index (χ1v) is 6.96. The van der Waals surface area contributed by atoms with Crippen LogP contribution in [0.3, 0.4) is 0 Å². The van der Waals surface area contributed by atoms with Crippen LogP contribution in [-0.2, 0) is 4.79 Å². The number of urea groups is 1. The first-order chi connectivity index (χ1) is 9.02. The Kier molecular flexibility index (Phi) is 9.88. The lowest BCUT2D eigenvalue weighted by Gasteiger charge is -2.23. The molecule has 0 aliphatic carbocycles. The predicted molar refractivity (Wildman–Crippen MR) is 73.0 cm³/mol. The number of aliphatic hydroxyl groups excluding tert-OH is 1. The zero-order valence-corrected chi connectivity index (χ0v) is 11.9. The molecule has 0 saturated heterocycles. The molecule has 0 fully saturated rings. The van der Waals surface area contributed by atoms with Crippen LogP contribution >= 0.6 is 0 Å². The van der Waals surface area contributed by atoms with Crippen molar-refractivity contribution in [3.05, 3.63) is 0 Å². The minimum absolute atomic E-state index is 0.0243. The summed E-state index contributed by atoms with van der Waals surface area (Å²) in [4.78, 5) is 24.1. The molecule has 3 N–H and O–H groups in total. The third-order valence-corrected chi connectivity index (χ3v) is 2.83. The number of amides is 2. The zero-order valence-electron chi connectivity index (χ0n) is 11.9. The van der Waals surface area contributed by atoms with E-state index in [-0.39, 0.29) is 19.0 Å². The molecule has 2 amide bonds. The predicted octanol–water partition coefficient (Wildman–Crippen LogP) is 1.43. The summed E-state index contributed by atoms with van der Waals surface area (Å²) >= 11 is 0. The van der Waals surface area contributed by atoms with Crippen molar-refractivity contribution in [3.63, 3.8) is 0 Å². The van der Waals surface area contributed by atoms with E-state index >= 15 is 0 Å². The molecule has 6 nitrogen and oxygen atoms in total. The molecule has 6 heteroatoms. The third kappa shape index (κ3) is 8.42. The smallest absolute Gasteiger partial charge is 0.332 e. The van der Waals surface area contributed by atoms with E-state index in [1.807, 2.05) is 0 Å². The van der Waals surface area contributed by atoms with E-state index in [4.69, 9.17) is 10.2 Å². The van der Waals surface area contributed by atoms with Gasteiger partial charge in [-0.25, -0.2) is 9.59 Å². The van der Waals surface area contributed by atoms with Gasteiger partial charge in [0.25, 0.3) is 0 Å². The highest BCUT2D eigenvalue weighted by Crippen LogP contribution is 2.00. The van der Waals surface area contributed by atoms with E-state index in [1.54, 1.807) is 4.90 Å². The van der Waals surface area contributed by atoms with Gasteiger partial charge in [0.1, 0.15) is 0 Å². The fourth-order valence-electron chi connectivity index (χ4n) is 1.56. The zero-order chi connectivity index (χ0) is 14.7. The molecule has 1 unspecified atom stereocenters. The van der Waals surface area contributed by atoms with Gasteiger partial charge in [0.2, 0.25) is 0 Å². The number of nitrogens with zero attached hydrogens (tertiary/aromatic N) is 1. The van der Waals surface area contributed by atoms with E-state index in [0.717, 1.165) is 25.7 Å². The lowest BCUT2D eigenvalue weighted by Crippen LogP contribution is -2.42. The highest BCUT2D eigenvalue weighted by atomic mass is 16.4. The summed E-state index contributed by atoms with van der Waals surface area (Å²) in [6.45, 7) is 5.73. The van der Waals surface area contributed by atoms with Gasteiger partial charge in [-0.3, -0.25) is 0 Å². The summed E-state index contributed by atoms with van der Waals surface area (Å²) in [7, 11) is 0. The number of nitrogens with one attached hydrogen (secondary N) is 1. The van der Waals surface area contributed by atoms with E-state index in [9.17, 15) is 9.59 Å². The van der Waals surface area contributed by atoms with Crippen LogP contribution < -0.4 is 5.32 Å². The summed E-state index contributed by atoms with van der Waals surface area (Å²) in [5.74, 6) is -1.26. The van der Waals surface area contributed by atoms with Crippen molar-refractivity contribution >= 4 is 12.0 Å². The Bertz CT molecular complexity index is 263. The number of carbonyl (C=O) groups excluding carboxylic acids is 1. The average molecular weight is 274 g/mol. The molecule has 0 aromatic rings. The molecule has 0 radical (unpaired) electrons. The van der Waals surface area contributed by atoms with E-state index in [1.165, 1.54) is 0 Å². The molecular weight excluding hydrogens is 248 g/mol. The largest absolute Gasteiger partial charge is 0.479 e. The van der Waals surface area contributed by atoms with Crippen molar-refractivity contribution in [1.29, 1.82) is 0 Å². The Hall–Kier alpha value is -1.30. The highest BCUT2D eigenvalue weighted by Gasteiger charge is 2.15. The van der Waals surface area contributed by atoms with Crippen molar-refractivity contribution in [3.8, 4) is 0 Å². The van der Waals surface area contributed by atoms with Gasteiger partial charge < -0.3 is 20.4 Å². The number of carbonyl (C=O) groups is 2. The monoisotopic (exact) mass is 274 g/mol. The molecule has 0 heterocycles. The molecule has 19 heavy (non-hydrogen) atoms. The standard InChI is InChI=1S/C13H26N2O4/c1-3-5-9-15(10-6-4-2)13(19)14-8-7-11(16)12(17)18/h11,16H,3-10H2,1-2H3,(H,14,19)(H,17,18). The second kappa shape index (κ2) is 10.6. The van der Waals surface area contributed by atoms with Gasteiger partial charge in [-0.1, -0.05) is 26.7 Å². The molecule has 0 rings (SSSR count). The first-order valence-electron chi connectivity index (χ1n) is 6.96. The number of hydrogen-bond acceptors (Lipinski definition) is 3. The highest BCUT2D eigenvalue weighted by molar-refractivity contribution is 5.74. The van der Waals surface area contributed by atoms with Crippen molar-refractivity contribution in [2.75, 3.05) is 19.6 Å². The second-order valence-electron chi connectivity index (χ2n) is 4.57. The molecule has 0 spiro atoms. The molecule has 0 aliphatic heterocycles. The van der Waals surface area contributed by atoms with Crippen LogP contribution in [0, 0.1) is 0 Å². The Morgan fingerprint density at radius 2 is 1.68 bits per heavy atom. The number of aliphatic hydroxyl groups is 1. The van der Waals surface area contributed by atoms with Gasteiger partial charge >= 0.3 is 12.0 Å². The van der Waals surface area contributed by atoms with E-state index in [2.05, 4.69) is 19.2 Å². The van der Waals surface area contributed by atoms with Crippen LogP contribution in [0.15, 0.2) is 0 Å². The van der Waals surface area contributed by atoms with Crippen LogP contribution in [0.25, 0.3) is 0 Å². The summed E-state index contributed by atoms with van der Waals surface area (Å²) < 4.78 is 0. The Morgan fingerprint density at radius 3 is 2.11 bits per heavy atom. The van der Waals surface area contributed by atoms with Crippen LogP contribution in [0.2, 0.25) is 0 Å². The van der Waals surface area contributed by atoms with Crippen molar-refractivity contribution in [1.82, 2.24) is 10.2 Å². The van der Waals surface area contributed by atoms with Crippen molar-refractivity contribution in [2.45, 2.75) is 52.1 Å². The Labute approximate surface area is 114 Å². The maximum absolute atomic E-state index is 11.9. The average Bonchev–Trinajstić information content (AvgIpc) is 2.38. The summed E-state index contributed by atoms with van der Waals surface area (Å²) in [6.07, 6.45) is 2.56. The van der Waals surface area contributed by atoms with Crippen molar-refractivity contribution in [2.24, 2.45) is 0 Å². The van der Waals surface area contributed by atoms with Crippen LogP contribution in [0.4, 0.5) is 4.79 Å². The van der Waals surface area contributed by atoms with Gasteiger partial charge in [0.15, 0.2) is 6.10 Å². The Morgan fingerprint density at radius 1 is 1.16 bits per heavy atom. The lowest BCUT2D eigenvalue weighted by atomic mass is 10.2. The maximum Gasteiger partial charge on any atom is 0.332 e. The van der Waals surface area contributed by atoms with Gasteiger partial charge in [0, 0.05) is 26.1 Å². The number of carboxylic acid groups (broad SMARTS) is 1. The number of hydrogen-bond donors (Lipinski definition) is 3.